The number of pyridine rings is 2. The highest BCUT2D eigenvalue weighted by molar-refractivity contribution is 5.96. The van der Waals surface area contributed by atoms with Crippen LogP contribution in [0.5, 0.6) is 0 Å². The smallest absolute Gasteiger partial charge is 0.420 e. The lowest BCUT2D eigenvalue weighted by Gasteiger charge is -2.38. The fourth-order valence-corrected chi connectivity index (χ4v) is 7.95. The van der Waals surface area contributed by atoms with Crippen molar-refractivity contribution in [1.29, 1.82) is 0 Å². The van der Waals surface area contributed by atoms with Crippen LogP contribution in [-0.2, 0) is 35.0 Å². The van der Waals surface area contributed by atoms with Crippen molar-refractivity contribution >= 4 is 81.8 Å². The SMILES string of the molecule is C.Cl.FC1(F)CNC1.Nc1ccc(/C=C/C(=O)NCc2cc3cc(-c4ccc(C(=O)N5CC(F)(F)C5)cc4)cc(C(F)(F)F)c3o2)cn1.Nc1ccc(/C=C/C(=O)NCc2cc3cc(-c4ccc(C(=O)O)cc4)cc(C(F)(F)F)c3o2)cn1. The molecule has 0 unspecified atom stereocenters. The number of nitrogens with two attached hydrogens (primary N) is 2. The van der Waals surface area contributed by atoms with E-state index in [2.05, 4.69) is 25.9 Å². The van der Waals surface area contributed by atoms with Crippen molar-refractivity contribution in [3.8, 4) is 22.3 Å². The number of anilines is 2. The Hall–Kier alpha value is -9.23. The van der Waals surface area contributed by atoms with Gasteiger partial charge in [-0.25, -0.2) is 32.3 Å². The lowest BCUT2D eigenvalue weighted by atomic mass is 9.98. The number of likely N-dealkylation sites (tertiary alicyclic amines) is 1. The van der Waals surface area contributed by atoms with Crippen LogP contribution in [0.3, 0.4) is 0 Å². The van der Waals surface area contributed by atoms with Gasteiger partial charge in [0, 0.05) is 40.9 Å². The number of carbonyl (C=O) groups is 4. The number of aromatic carboxylic acids is 1. The minimum absolute atomic E-state index is 0. The van der Waals surface area contributed by atoms with Gasteiger partial charge < -0.3 is 46.3 Å². The molecule has 3 amide bonds. The molecule has 0 bridgehead atoms. The summed E-state index contributed by atoms with van der Waals surface area (Å²) in [5.74, 6) is -7.05. The summed E-state index contributed by atoms with van der Waals surface area (Å²) in [6.07, 6.45) is -0.926. The molecule has 2 fully saturated rings. The number of alkyl halides is 10. The molecular formula is C57H49ClF10N8O7. The van der Waals surface area contributed by atoms with Crippen LogP contribution in [0.4, 0.5) is 55.5 Å². The molecule has 10 rings (SSSR count). The Morgan fingerprint density at radius 3 is 1.33 bits per heavy atom. The largest absolute Gasteiger partial charge is 0.478 e. The van der Waals surface area contributed by atoms with E-state index in [1.54, 1.807) is 24.3 Å². The molecule has 0 radical (unpaired) electrons. The molecule has 436 valence electrons. The molecule has 0 saturated carbocycles. The van der Waals surface area contributed by atoms with Gasteiger partial charge in [0.1, 0.15) is 34.3 Å². The van der Waals surface area contributed by atoms with E-state index in [4.69, 9.17) is 25.4 Å². The molecule has 6 heterocycles. The van der Waals surface area contributed by atoms with Gasteiger partial charge in [-0.1, -0.05) is 31.7 Å². The molecule has 26 heteroatoms. The number of nitrogen functional groups attached to an aromatic ring is 2. The first-order chi connectivity index (χ1) is 38.2. The van der Waals surface area contributed by atoms with Gasteiger partial charge in [-0.15, -0.1) is 12.4 Å². The van der Waals surface area contributed by atoms with Crippen molar-refractivity contribution in [1.82, 2.24) is 30.8 Å². The summed E-state index contributed by atoms with van der Waals surface area (Å²) in [4.78, 5) is 56.5. The Kier molecular flexibility index (Phi) is 19.5. The highest BCUT2D eigenvalue weighted by atomic mass is 35.5. The van der Waals surface area contributed by atoms with Gasteiger partial charge in [0.2, 0.25) is 11.8 Å². The van der Waals surface area contributed by atoms with Crippen molar-refractivity contribution in [3.63, 3.8) is 0 Å². The van der Waals surface area contributed by atoms with Gasteiger partial charge in [-0.05, 0) is 130 Å². The average Bonchev–Trinajstić information content (AvgIpc) is 4.16. The number of carbonyl (C=O) groups excluding carboxylic acids is 3. The van der Waals surface area contributed by atoms with Crippen LogP contribution >= 0.6 is 12.4 Å². The predicted molar refractivity (Wildman–Crippen MR) is 292 cm³/mol. The van der Waals surface area contributed by atoms with Gasteiger partial charge >= 0.3 is 18.3 Å². The van der Waals surface area contributed by atoms with Crippen LogP contribution < -0.4 is 27.4 Å². The third-order valence-corrected chi connectivity index (χ3v) is 12.1. The third kappa shape index (κ3) is 16.5. The van der Waals surface area contributed by atoms with E-state index in [-0.39, 0.29) is 102 Å². The topological polar surface area (TPSA) is 232 Å². The number of carboxylic acids is 1. The number of hydrogen-bond donors (Lipinski definition) is 6. The quantitative estimate of drug-likeness (QED) is 0.0495. The monoisotopic (exact) mass is 1180 g/mol. The van der Waals surface area contributed by atoms with Gasteiger partial charge in [-0.3, -0.25) is 14.4 Å². The zero-order valence-corrected chi connectivity index (χ0v) is 43.0. The summed E-state index contributed by atoms with van der Waals surface area (Å²) >= 11 is 0. The number of aromatic nitrogens is 2. The first kappa shape index (κ1) is 63.0. The first-order valence-electron chi connectivity index (χ1n) is 24.0. The number of rotatable bonds is 12. The van der Waals surface area contributed by atoms with Crippen molar-refractivity contribution in [2.45, 2.75) is 44.7 Å². The molecule has 2 aliphatic heterocycles. The lowest BCUT2D eigenvalue weighted by molar-refractivity contribution is -0.137. The first-order valence-corrected chi connectivity index (χ1v) is 24.0. The van der Waals surface area contributed by atoms with Crippen LogP contribution in [0.2, 0.25) is 0 Å². The zero-order chi connectivity index (χ0) is 58.4. The Balaban J connectivity index is 0.000000238. The Labute approximate surface area is 471 Å². The molecule has 2 saturated heterocycles. The Bertz CT molecular complexity index is 3670. The summed E-state index contributed by atoms with van der Waals surface area (Å²) in [6.45, 7) is -1.88. The minimum atomic E-state index is -4.73. The minimum Gasteiger partial charge on any atom is -0.478 e. The van der Waals surface area contributed by atoms with E-state index >= 15 is 0 Å². The van der Waals surface area contributed by atoms with Crippen LogP contribution in [-0.4, -0.2) is 81.7 Å². The standard InChI is InChI=1S/C28H21F5N4O3.C25H18F3N3O4.C3H5F2N.CH4.ClH/c29-27(30)14-37(15-27)26(39)18-5-3-17(4-6-18)19-9-20-10-21(40-25(20)22(11-19)28(31,32)33)13-36-24(38)8-2-16-1-7-23(34)35-12-16;26-25(27,28)20-11-17(15-3-5-16(6-4-15)24(33)34)9-18-10-19(35-23(18)20)13-31-22(32)8-2-14-1-7-21(29)30-12-14;4-3(5)1-6-2-3;;/h1-12H,13-15H2,(H2,34,35)(H,36,38);1-12H,13H2,(H2,29,30)(H,31,32)(H,33,34);6H,1-2H2;1H4;1H/b2*8-2+;;;. The lowest BCUT2D eigenvalue weighted by Crippen LogP contribution is -2.58. The molecule has 8 N–H and O–H groups in total. The van der Waals surface area contributed by atoms with E-state index in [1.807, 2.05) is 0 Å². The molecule has 0 aliphatic carbocycles. The molecule has 8 aromatic rings. The number of amides is 3. The molecule has 2 aliphatic rings. The molecule has 15 nitrogen and oxygen atoms in total. The summed E-state index contributed by atoms with van der Waals surface area (Å²) in [7, 11) is 0. The second-order valence-electron chi connectivity index (χ2n) is 18.4. The predicted octanol–water partition coefficient (Wildman–Crippen LogP) is 11.9. The maximum Gasteiger partial charge on any atom is 0.420 e. The number of furan rings is 2. The average molecular weight is 1180 g/mol. The zero-order valence-electron chi connectivity index (χ0n) is 42.2. The van der Waals surface area contributed by atoms with Crippen molar-refractivity contribution in [3.05, 3.63) is 179 Å². The normalized spacial score (nSPS) is 14.2. The number of nitrogens with zero attached hydrogens (tertiary/aromatic N) is 3. The number of halogens is 11. The highest BCUT2D eigenvalue weighted by Crippen LogP contribution is 2.41. The number of carboxylic acid groups (broad SMARTS) is 1. The highest BCUT2D eigenvalue weighted by Gasteiger charge is 2.46. The fourth-order valence-electron chi connectivity index (χ4n) is 7.95. The number of benzene rings is 4. The third-order valence-electron chi connectivity index (χ3n) is 12.1. The Morgan fingerprint density at radius 1 is 0.602 bits per heavy atom. The summed E-state index contributed by atoms with van der Waals surface area (Å²) in [5.41, 5.74) is 11.0. The maximum absolute atomic E-state index is 13.9. The molecule has 4 aromatic heterocycles. The van der Waals surface area contributed by atoms with Gasteiger partial charge in [-0.2, -0.15) is 26.3 Å². The number of hydrogen-bond acceptors (Lipinski definition) is 11. The molecule has 4 aromatic carbocycles. The van der Waals surface area contributed by atoms with E-state index in [1.165, 1.54) is 109 Å². The molecule has 83 heavy (non-hydrogen) atoms. The van der Waals surface area contributed by atoms with Gasteiger partial charge in [0.05, 0.1) is 56.0 Å². The molecular weight excluding hydrogens is 1130 g/mol. The van der Waals surface area contributed by atoms with Gasteiger partial charge in [0.25, 0.3) is 17.8 Å². The molecule has 0 atom stereocenters. The number of nitrogens with one attached hydrogen (secondary N) is 3. The number of fused-ring (bicyclic) bond motifs is 2. The van der Waals surface area contributed by atoms with Crippen LogP contribution in [0.15, 0.2) is 143 Å². The van der Waals surface area contributed by atoms with Crippen LogP contribution in [0.1, 0.15) is 61.9 Å². The van der Waals surface area contributed by atoms with Crippen molar-refractivity contribution < 1.29 is 77.0 Å². The molecule has 0 spiro atoms. The summed E-state index contributed by atoms with van der Waals surface area (Å²) < 4.78 is 143. The maximum atomic E-state index is 13.9. The second kappa shape index (κ2) is 25.7. The summed E-state index contributed by atoms with van der Waals surface area (Å²) in [6, 6.07) is 25.4. The van der Waals surface area contributed by atoms with E-state index < -0.39 is 72.1 Å². The van der Waals surface area contributed by atoms with Crippen LogP contribution in [0.25, 0.3) is 56.3 Å². The van der Waals surface area contributed by atoms with Crippen LogP contribution in [0, 0.1) is 0 Å². The van der Waals surface area contributed by atoms with Crippen molar-refractivity contribution in [2.75, 3.05) is 37.6 Å². The van der Waals surface area contributed by atoms with E-state index in [9.17, 15) is 63.1 Å². The van der Waals surface area contributed by atoms with E-state index in [0.717, 1.165) is 17.0 Å². The van der Waals surface area contributed by atoms with E-state index in [0.29, 0.717) is 33.9 Å². The Morgan fingerprint density at radius 2 is 1.00 bits per heavy atom. The van der Waals surface area contributed by atoms with Crippen molar-refractivity contribution in [2.24, 2.45) is 0 Å². The summed E-state index contributed by atoms with van der Waals surface area (Å²) in [5, 5.41) is 17.0. The second-order valence-corrected chi connectivity index (χ2v) is 18.4. The fraction of sp³-hybridized carbons (Fsp3) is 0.193. The van der Waals surface area contributed by atoms with Gasteiger partial charge in [0.15, 0.2) is 0 Å².